The molecule has 0 saturated carbocycles. The Morgan fingerprint density at radius 3 is 2.33 bits per heavy atom. The summed E-state index contributed by atoms with van der Waals surface area (Å²) in [5.41, 5.74) is 3.66. The molecule has 0 fully saturated rings. The number of carbonyl (C=O) groups is 2. The lowest BCUT2D eigenvalue weighted by atomic mass is 10.0. The van der Waals surface area contributed by atoms with Crippen LogP contribution in [0.2, 0.25) is 0 Å². The van der Waals surface area contributed by atoms with E-state index in [9.17, 15) is 14.7 Å². The van der Waals surface area contributed by atoms with Gasteiger partial charge in [0.25, 0.3) is 0 Å². The summed E-state index contributed by atoms with van der Waals surface area (Å²) in [6.07, 6.45) is -1.09. The number of nitrogens with zero attached hydrogens (tertiary/aromatic N) is 1. The molecule has 0 bridgehead atoms. The number of amides is 1. The molecule has 0 radical (unpaired) electrons. The summed E-state index contributed by atoms with van der Waals surface area (Å²) in [5.74, 6) is 0.141. The smallest absolute Gasteiger partial charge is 0.412 e. The van der Waals surface area contributed by atoms with Gasteiger partial charge in [0.05, 0.1) is 41.8 Å². The molecule has 3 aromatic heterocycles. The van der Waals surface area contributed by atoms with Crippen molar-refractivity contribution >= 4 is 61.4 Å². The van der Waals surface area contributed by atoms with Gasteiger partial charge in [-0.25, -0.2) is 4.79 Å². The van der Waals surface area contributed by atoms with Crippen LogP contribution in [0.4, 0.5) is 10.5 Å². The van der Waals surface area contributed by atoms with Gasteiger partial charge in [-0.1, -0.05) is 30.3 Å². The summed E-state index contributed by atoms with van der Waals surface area (Å²) in [7, 11) is 3.09. The molecule has 1 unspecified atom stereocenters. The van der Waals surface area contributed by atoms with Crippen LogP contribution in [0.15, 0.2) is 54.6 Å². The lowest BCUT2D eigenvalue weighted by Gasteiger charge is -2.14. The first-order valence-electron chi connectivity index (χ1n) is 12.3. The minimum absolute atomic E-state index is 0.161. The Bertz CT molecular complexity index is 1660. The van der Waals surface area contributed by atoms with E-state index in [0.717, 1.165) is 40.9 Å². The fourth-order valence-corrected chi connectivity index (χ4v) is 7.66. The standard InChI is InChI=1S/C29H26N2O6S3/c1-15-27(30-29(34)37-16(2)17-8-6-5-7-9-17)28(40-31-15)25-14-24-23(39-25)13-22(38-24)19-12-20(35-3)18(11-26(32)33)10-21(19)36-4/h5-10,12-14,16H,11H2,1-4H3,(H,30,34)(H,32,33). The molecular formula is C29H26N2O6S3. The molecule has 0 spiro atoms. The van der Waals surface area contributed by atoms with E-state index < -0.39 is 18.2 Å². The van der Waals surface area contributed by atoms with Crippen LogP contribution in [0.5, 0.6) is 11.5 Å². The Morgan fingerprint density at radius 1 is 0.975 bits per heavy atom. The molecule has 0 aliphatic carbocycles. The van der Waals surface area contributed by atoms with E-state index in [1.54, 1.807) is 35.8 Å². The number of carbonyl (C=O) groups excluding carboxylic acids is 1. The molecule has 5 rings (SSSR count). The molecule has 0 aliphatic rings. The van der Waals surface area contributed by atoms with Gasteiger partial charge in [0.15, 0.2) is 0 Å². The van der Waals surface area contributed by atoms with E-state index in [2.05, 4.69) is 21.8 Å². The summed E-state index contributed by atoms with van der Waals surface area (Å²) >= 11 is 4.54. The second-order valence-corrected chi connectivity index (χ2v) is 11.9. The van der Waals surface area contributed by atoms with Crippen molar-refractivity contribution < 1.29 is 28.9 Å². The zero-order chi connectivity index (χ0) is 28.4. The van der Waals surface area contributed by atoms with Crippen LogP contribution in [0.25, 0.3) is 29.6 Å². The number of anilines is 1. The number of aromatic nitrogens is 1. The lowest BCUT2D eigenvalue weighted by Crippen LogP contribution is -2.16. The highest BCUT2D eigenvalue weighted by Crippen LogP contribution is 2.47. The minimum atomic E-state index is -0.941. The predicted octanol–water partition coefficient (Wildman–Crippen LogP) is 8.02. The minimum Gasteiger partial charge on any atom is -0.496 e. The SMILES string of the molecule is COc1cc(-c2cc3sc(-c4snc(C)c4NC(=O)OC(C)c4ccccc4)cc3s2)c(OC)cc1CC(=O)O. The number of carboxylic acid groups (broad SMARTS) is 1. The van der Waals surface area contributed by atoms with Crippen LogP contribution < -0.4 is 14.8 Å². The van der Waals surface area contributed by atoms with Gasteiger partial charge in [-0.2, -0.15) is 4.37 Å². The number of carboxylic acids is 1. The second kappa shape index (κ2) is 11.7. The van der Waals surface area contributed by atoms with Crippen LogP contribution in [-0.2, 0) is 16.0 Å². The first-order valence-corrected chi connectivity index (χ1v) is 14.7. The first kappa shape index (κ1) is 27.6. The molecule has 8 nitrogen and oxygen atoms in total. The Hall–Kier alpha value is -3.93. The summed E-state index contributed by atoms with van der Waals surface area (Å²) in [6, 6.07) is 17.3. The number of hydrogen-bond donors (Lipinski definition) is 2. The molecule has 5 aromatic rings. The van der Waals surface area contributed by atoms with Gasteiger partial charge in [0, 0.05) is 25.4 Å². The number of rotatable bonds is 9. The summed E-state index contributed by atoms with van der Waals surface area (Å²) < 4.78 is 23.3. The van der Waals surface area contributed by atoms with E-state index in [1.165, 1.54) is 18.6 Å². The number of methoxy groups -OCH3 is 2. The van der Waals surface area contributed by atoms with Crippen molar-refractivity contribution in [1.29, 1.82) is 0 Å². The first-order chi connectivity index (χ1) is 19.3. The number of aliphatic carboxylic acids is 1. The molecule has 1 amide bonds. The highest BCUT2D eigenvalue weighted by molar-refractivity contribution is 7.32. The third-order valence-corrected chi connectivity index (χ3v) is 9.73. The van der Waals surface area contributed by atoms with Crippen molar-refractivity contribution in [2.45, 2.75) is 26.4 Å². The largest absolute Gasteiger partial charge is 0.496 e. The average Bonchev–Trinajstić information content (AvgIpc) is 3.62. The molecule has 0 saturated heterocycles. The molecule has 3 heterocycles. The van der Waals surface area contributed by atoms with Gasteiger partial charge in [-0.15, -0.1) is 22.7 Å². The van der Waals surface area contributed by atoms with Crippen LogP contribution in [-0.4, -0.2) is 35.8 Å². The van der Waals surface area contributed by atoms with E-state index in [0.29, 0.717) is 22.7 Å². The van der Waals surface area contributed by atoms with Crippen molar-refractivity contribution in [3.05, 3.63) is 71.4 Å². The van der Waals surface area contributed by atoms with Crippen molar-refractivity contribution in [2.24, 2.45) is 0 Å². The quantitative estimate of drug-likeness (QED) is 0.178. The van der Waals surface area contributed by atoms with Gasteiger partial charge in [0.1, 0.15) is 17.6 Å². The average molecular weight is 595 g/mol. The number of thiophene rings is 2. The van der Waals surface area contributed by atoms with Gasteiger partial charge in [-0.3, -0.25) is 10.1 Å². The van der Waals surface area contributed by atoms with Crippen molar-refractivity contribution in [1.82, 2.24) is 4.37 Å². The fourth-order valence-electron chi connectivity index (χ4n) is 4.30. The zero-order valence-electron chi connectivity index (χ0n) is 22.1. The zero-order valence-corrected chi connectivity index (χ0v) is 24.6. The Balaban J connectivity index is 1.40. The maximum Gasteiger partial charge on any atom is 0.412 e. The number of benzene rings is 2. The number of ether oxygens (including phenoxy) is 3. The molecule has 11 heteroatoms. The molecule has 206 valence electrons. The number of hydrogen-bond acceptors (Lipinski definition) is 9. The van der Waals surface area contributed by atoms with Crippen LogP contribution >= 0.6 is 34.2 Å². The molecule has 2 aromatic carbocycles. The predicted molar refractivity (Wildman–Crippen MR) is 160 cm³/mol. The Kier molecular flexibility index (Phi) is 8.06. The normalized spacial score (nSPS) is 11.8. The van der Waals surface area contributed by atoms with Crippen LogP contribution in [0.3, 0.4) is 0 Å². The number of aryl methyl sites for hydroxylation is 1. The second-order valence-electron chi connectivity index (χ2n) is 8.94. The van der Waals surface area contributed by atoms with E-state index in [-0.39, 0.29) is 6.42 Å². The van der Waals surface area contributed by atoms with Crippen molar-refractivity contribution in [3.63, 3.8) is 0 Å². The van der Waals surface area contributed by atoms with Crippen LogP contribution in [0, 0.1) is 6.92 Å². The van der Waals surface area contributed by atoms with Gasteiger partial charge in [0.2, 0.25) is 0 Å². The lowest BCUT2D eigenvalue weighted by molar-refractivity contribution is -0.136. The fraction of sp³-hybridized carbons (Fsp3) is 0.207. The van der Waals surface area contributed by atoms with Gasteiger partial charge in [-0.05, 0) is 55.2 Å². The van der Waals surface area contributed by atoms with Crippen LogP contribution in [0.1, 0.15) is 29.8 Å². The third-order valence-electron chi connectivity index (χ3n) is 6.28. The Morgan fingerprint density at radius 2 is 1.65 bits per heavy atom. The molecule has 1 atom stereocenters. The van der Waals surface area contributed by atoms with Gasteiger partial charge >= 0.3 is 12.1 Å². The third kappa shape index (κ3) is 5.67. The number of fused-ring (bicyclic) bond motifs is 1. The molecule has 2 N–H and O–H groups in total. The van der Waals surface area contributed by atoms with E-state index in [1.807, 2.05) is 50.2 Å². The number of nitrogens with one attached hydrogen (secondary N) is 1. The highest BCUT2D eigenvalue weighted by Gasteiger charge is 2.22. The maximum atomic E-state index is 12.7. The highest BCUT2D eigenvalue weighted by atomic mass is 32.1. The molecular weight excluding hydrogens is 569 g/mol. The summed E-state index contributed by atoms with van der Waals surface area (Å²) in [5, 5.41) is 12.2. The topological polar surface area (TPSA) is 107 Å². The maximum absolute atomic E-state index is 12.7. The summed E-state index contributed by atoms with van der Waals surface area (Å²) in [6.45, 7) is 3.70. The van der Waals surface area contributed by atoms with Gasteiger partial charge < -0.3 is 19.3 Å². The van der Waals surface area contributed by atoms with E-state index in [4.69, 9.17) is 14.2 Å². The van der Waals surface area contributed by atoms with Crippen molar-refractivity contribution in [3.8, 4) is 31.7 Å². The Labute approximate surface area is 242 Å². The monoisotopic (exact) mass is 594 g/mol. The molecule has 0 aliphatic heterocycles. The summed E-state index contributed by atoms with van der Waals surface area (Å²) in [4.78, 5) is 26.9. The van der Waals surface area contributed by atoms with Crippen molar-refractivity contribution in [2.75, 3.05) is 19.5 Å². The molecule has 40 heavy (non-hydrogen) atoms. The van der Waals surface area contributed by atoms with E-state index >= 15 is 0 Å².